The summed E-state index contributed by atoms with van der Waals surface area (Å²) in [5.41, 5.74) is 5.96. The second kappa shape index (κ2) is 8.39. The van der Waals surface area contributed by atoms with Gasteiger partial charge in [0.2, 0.25) is 0 Å². The Hall–Kier alpha value is -1.92. The standard InChI is InChI=1S/C15H24N6/c1-17-10-9-15-12-21(20-19-15)11-3-2-4-13-5-7-14(18-16)8-6-13/h5-8,12,17-18H,2-4,9-11,16H2,1H3. The van der Waals surface area contributed by atoms with Crippen molar-refractivity contribution in [2.75, 3.05) is 19.0 Å². The number of unbranched alkanes of at least 4 members (excludes halogenated alkanes) is 1. The van der Waals surface area contributed by atoms with Crippen molar-refractivity contribution < 1.29 is 0 Å². The van der Waals surface area contributed by atoms with Crippen molar-refractivity contribution in [2.45, 2.75) is 32.2 Å². The fourth-order valence-electron chi connectivity index (χ4n) is 2.19. The molecule has 0 amide bonds. The highest BCUT2D eigenvalue weighted by atomic mass is 15.4. The van der Waals surface area contributed by atoms with Gasteiger partial charge in [0.25, 0.3) is 0 Å². The number of nitrogens with two attached hydrogens (primary N) is 1. The summed E-state index contributed by atoms with van der Waals surface area (Å²) in [5, 5.41) is 11.4. The van der Waals surface area contributed by atoms with Crippen molar-refractivity contribution in [1.29, 1.82) is 0 Å². The van der Waals surface area contributed by atoms with Gasteiger partial charge in [0.1, 0.15) is 0 Å². The molecule has 0 radical (unpaired) electrons. The number of hydrazine groups is 1. The van der Waals surface area contributed by atoms with Gasteiger partial charge in [-0.3, -0.25) is 10.5 Å². The summed E-state index contributed by atoms with van der Waals surface area (Å²) in [4.78, 5) is 0. The van der Waals surface area contributed by atoms with E-state index in [1.807, 2.05) is 30.1 Å². The number of hydrogen-bond donors (Lipinski definition) is 3. The van der Waals surface area contributed by atoms with Gasteiger partial charge in [0, 0.05) is 31.4 Å². The Balaban J connectivity index is 1.67. The van der Waals surface area contributed by atoms with Crippen molar-refractivity contribution in [1.82, 2.24) is 20.3 Å². The van der Waals surface area contributed by atoms with Gasteiger partial charge in [-0.25, -0.2) is 0 Å². The van der Waals surface area contributed by atoms with E-state index in [2.05, 4.69) is 33.2 Å². The molecule has 2 rings (SSSR count). The molecule has 0 saturated heterocycles. The number of aryl methyl sites for hydroxylation is 2. The maximum absolute atomic E-state index is 5.35. The van der Waals surface area contributed by atoms with E-state index in [0.717, 1.165) is 50.2 Å². The molecule has 2 aromatic rings. The maximum atomic E-state index is 5.35. The molecule has 114 valence electrons. The van der Waals surface area contributed by atoms with Gasteiger partial charge in [0.05, 0.1) is 5.69 Å². The number of nitrogens with one attached hydrogen (secondary N) is 2. The van der Waals surface area contributed by atoms with E-state index < -0.39 is 0 Å². The summed E-state index contributed by atoms with van der Waals surface area (Å²) in [6.07, 6.45) is 6.29. The zero-order chi connectivity index (χ0) is 14.9. The molecule has 0 aliphatic rings. The average molecular weight is 288 g/mol. The molecule has 0 fully saturated rings. The number of anilines is 1. The number of likely N-dealkylation sites (N-methyl/N-ethyl adjacent to an activating group) is 1. The molecule has 6 nitrogen and oxygen atoms in total. The first-order valence-electron chi connectivity index (χ1n) is 7.41. The third-order valence-electron chi connectivity index (χ3n) is 3.44. The van der Waals surface area contributed by atoms with E-state index >= 15 is 0 Å². The molecule has 0 saturated carbocycles. The highest BCUT2D eigenvalue weighted by Gasteiger charge is 2.00. The Morgan fingerprint density at radius 2 is 1.95 bits per heavy atom. The van der Waals surface area contributed by atoms with E-state index in [-0.39, 0.29) is 0 Å². The Bertz CT molecular complexity index is 519. The molecular weight excluding hydrogens is 264 g/mol. The monoisotopic (exact) mass is 288 g/mol. The second-order valence-corrected chi connectivity index (χ2v) is 5.12. The van der Waals surface area contributed by atoms with Crippen LogP contribution in [0.25, 0.3) is 0 Å². The minimum Gasteiger partial charge on any atom is -0.324 e. The molecule has 0 unspecified atom stereocenters. The predicted octanol–water partition coefficient (Wildman–Crippen LogP) is 1.35. The van der Waals surface area contributed by atoms with Crippen molar-refractivity contribution in [3.63, 3.8) is 0 Å². The predicted molar refractivity (Wildman–Crippen MR) is 84.8 cm³/mol. The fraction of sp³-hybridized carbons (Fsp3) is 0.467. The molecule has 4 N–H and O–H groups in total. The van der Waals surface area contributed by atoms with Crippen LogP contribution >= 0.6 is 0 Å². The first-order chi connectivity index (χ1) is 10.3. The Morgan fingerprint density at radius 1 is 1.14 bits per heavy atom. The van der Waals surface area contributed by atoms with Gasteiger partial charge in [-0.1, -0.05) is 17.3 Å². The van der Waals surface area contributed by atoms with E-state index in [4.69, 9.17) is 5.84 Å². The lowest BCUT2D eigenvalue weighted by Gasteiger charge is -2.04. The van der Waals surface area contributed by atoms with Gasteiger partial charge in [-0.05, 0) is 44.0 Å². The van der Waals surface area contributed by atoms with Crippen molar-refractivity contribution in [2.24, 2.45) is 5.84 Å². The van der Waals surface area contributed by atoms with Gasteiger partial charge in [-0.2, -0.15) is 0 Å². The van der Waals surface area contributed by atoms with Crippen molar-refractivity contribution in [3.8, 4) is 0 Å². The largest absolute Gasteiger partial charge is 0.324 e. The highest BCUT2D eigenvalue weighted by molar-refractivity contribution is 5.43. The molecule has 0 aliphatic heterocycles. The number of rotatable bonds is 9. The van der Waals surface area contributed by atoms with E-state index in [1.54, 1.807) is 0 Å². The van der Waals surface area contributed by atoms with Gasteiger partial charge < -0.3 is 10.7 Å². The molecule has 1 aromatic carbocycles. The van der Waals surface area contributed by atoms with Crippen LogP contribution < -0.4 is 16.6 Å². The summed E-state index contributed by atoms with van der Waals surface area (Å²) in [6.45, 7) is 1.86. The second-order valence-electron chi connectivity index (χ2n) is 5.12. The average Bonchev–Trinajstić information content (AvgIpc) is 2.98. The van der Waals surface area contributed by atoms with Crippen LogP contribution in [0.4, 0.5) is 5.69 Å². The number of nitrogen functional groups attached to an aromatic ring is 1. The highest BCUT2D eigenvalue weighted by Crippen LogP contribution is 2.11. The molecule has 1 aromatic heterocycles. The van der Waals surface area contributed by atoms with Crippen molar-refractivity contribution >= 4 is 5.69 Å². The van der Waals surface area contributed by atoms with E-state index in [1.165, 1.54) is 5.56 Å². The molecule has 21 heavy (non-hydrogen) atoms. The zero-order valence-corrected chi connectivity index (χ0v) is 12.5. The van der Waals surface area contributed by atoms with E-state index in [9.17, 15) is 0 Å². The van der Waals surface area contributed by atoms with E-state index in [0.29, 0.717) is 0 Å². The van der Waals surface area contributed by atoms with Gasteiger partial charge in [0.15, 0.2) is 0 Å². The Morgan fingerprint density at radius 3 is 2.67 bits per heavy atom. The van der Waals surface area contributed by atoms with Crippen LogP contribution in [0, 0.1) is 0 Å². The summed E-state index contributed by atoms with van der Waals surface area (Å²) >= 11 is 0. The van der Waals surface area contributed by atoms with Crippen LogP contribution in [0.15, 0.2) is 30.5 Å². The Labute approximate surface area is 125 Å². The lowest BCUT2D eigenvalue weighted by Crippen LogP contribution is -2.10. The Kier molecular flexibility index (Phi) is 6.18. The van der Waals surface area contributed by atoms with Gasteiger partial charge in [-0.15, -0.1) is 5.10 Å². The minimum absolute atomic E-state index is 0.926. The lowest BCUT2D eigenvalue weighted by atomic mass is 10.1. The minimum atomic E-state index is 0.926. The smallest absolute Gasteiger partial charge is 0.0839 e. The summed E-state index contributed by atoms with van der Waals surface area (Å²) in [6, 6.07) is 8.22. The number of nitrogens with zero attached hydrogens (tertiary/aromatic N) is 3. The van der Waals surface area contributed by atoms with Crippen molar-refractivity contribution in [3.05, 3.63) is 41.7 Å². The van der Waals surface area contributed by atoms with Crippen LogP contribution in [0.3, 0.4) is 0 Å². The molecule has 1 heterocycles. The number of hydrogen-bond acceptors (Lipinski definition) is 5. The van der Waals surface area contributed by atoms with Crippen LogP contribution in [-0.2, 0) is 19.4 Å². The topological polar surface area (TPSA) is 80.8 Å². The maximum Gasteiger partial charge on any atom is 0.0839 e. The zero-order valence-electron chi connectivity index (χ0n) is 12.5. The molecule has 0 spiro atoms. The van der Waals surface area contributed by atoms with Gasteiger partial charge >= 0.3 is 0 Å². The quantitative estimate of drug-likeness (QED) is 0.369. The van der Waals surface area contributed by atoms with Crippen LogP contribution in [0.2, 0.25) is 0 Å². The van der Waals surface area contributed by atoms with Crippen LogP contribution in [-0.4, -0.2) is 28.6 Å². The summed E-state index contributed by atoms with van der Waals surface area (Å²) in [5.74, 6) is 5.35. The normalized spacial score (nSPS) is 10.8. The van der Waals surface area contributed by atoms with Crippen LogP contribution in [0.5, 0.6) is 0 Å². The molecule has 0 aliphatic carbocycles. The molecular formula is C15H24N6. The number of benzene rings is 1. The lowest BCUT2D eigenvalue weighted by molar-refractivity contribution is 0.541. The first-order valence-corrected chi connectivity index (χ1v) is 7.41. The third-order valence-corrected chi connectivity index (χ3v) is 3.44. The third kappa shape index (κ3) is 5.17. The number of aromatic nitrogens is 3. The van der Waals surface area contributed by atoms with Crippen LogP contribution in [0.1, 0.15) is 24.1 Å². The first kappa shape index (κ1) is 15.5. The fourth-order valence-corrected chi connectivity index (χ4v) is 2.19. The summed E-state index contributed by atoms with van der Waals surface area (Å²) < 4.78 is 1.94. The molecule has 6 heteroatoms. The summed E-state index contributed by atoms with van der Waals surface area (Å²) in [7, 11) is 1.94. The SMILES string of the molecule is CNCCc1cn(CCCCc2ccc(NN)cc2)nn1. The molecule has 0 atom stereocenters. The molecule has 0 bridgehead atoms.